The Morgan fingerprint density at radius 2 is 1.95 bits per heavy atom. The maximum Gasteiger partial charge on any atom is 0.254 e. The topological polar surface area (TPSA) is 44.7 Å². The number of benzene rings is 2. The van der Waals surface area contributed by atoms with E-state index in [9.17, 15) is 4.79 Å². The Morgan fingerprint density at radius 1 is 1.18 bits per heavy atom. The SMILES string of the molecule is O=C(CN1CCSCC1)N/N=C\c1ccc2ccccc2c1. The molecule has 1 amide bonds. The molecule has 4 nitrogen and oxygen atoms in total. The van der Waals surface area contributed by atoms with Crippen molar-refractivity contribution in [2.24, 2.45) is 5.10 Å². The molecule has 1 saturated heterocycles. The van der Waals surface area contributed by atoms with Crippen molar-refractivity contribution in [3.05, 3.63) is 48.0 Å². The largest absolute Gasteiger partial charge is 0.293 e. The molecule has 0 saturated carbocycles. The molecular weight excluding hydrogens is 294 g/mol. The number of rotatable bonds is 4. The van der Waals surface area contributed by atoms with E-state index in [1.165, 1.54) is 10.8 Å². The van der Waals surface area contributed by atoms with Crippen LogP contribution < -0.4 is 5.43 Å². The van der Waals surface area contributed by atoms with Gasteiger partial charge in [0.2, 0.25) is 0 Å². The number of carbonyl (C=O) groups is 1. The zero-order valence-electron chi connectivity index (χ0n) is 12.4. The van der Waals surface area contributed by atoms with Gasteiger partial charge in [0, 0.05) is 24.6 Å². The third kappa shape index (κ3) is 4.08. The maximum atomic E-state index is 11.8. The van der Waals surface area contributed by atoms with Gasteiger partial charge in [-0.2, -0.15) is 16.9 Å². The number of carbonyl (C=O) groups excluding carboxylic acids is 1. The highest BCUT2D eigenvalue weighted by molar-refractivity contribution is 7.99. The summed E-state index contributed by atoms with van der Waals surface area (Å²) in [6.45, 7) is 2.38. The van der Waals surface area contributed by atoms with Crippen LogP contribution >= 0.6 is 11.8 Å². The minimum Gasteiger partial charge on any atom is -0.293 e. The van der Waals surface area contributed by atoms with Crippen molar-refractivity contribution < 1.29 is 4.79 Å². The number of thioether (sulfide) groups is 1. The van der Waals surface area contributed by atoms with Crippen LogP contribution in [0.4, 0.5) is 0 Å². The van der Waals surface area contributed by atoms with Gasteiger partial charge in [-0.15, -0.1) is 0 Å². The third-order valence-electron chi connectivity index (χ3n) is 3.65. The smallest absolute Gasteiger partial charge is 0.254 e. The highest BCUT2D eigenvalue weighted by Gasteiger charge is 2.13. The van der Waals surface area contributed by atoms with Crippen LogP contribution in [0.2, 0.25) is 0 Å². The fourth-order valence-corrected chi connectivity index (χ4v) is 3.44. The first-order chi connectivity index (χ1) is 10.8. The van der Waals surface area contributed by atoms with Crippen molar-refractivity contribution >= 4 is 34.7 Å². The Hall–Kier alpha value is -1.85. The van der Waals surface area contributed by atoms with Crippen LogP contribution in [0.1, 0.15) is 5.56 Å². The molecule has 0 radical (unpaired) electrons. The summed E-state index contributed by atoms with van der Waals surface area (Å²) in [5.74, 6) is 2.16. The first-order valence-electron chi connectivity index (χ1n) is 7.42. The van der Waals surface area contributed by atoms with Crippen molar-refractivity contribution in [3.63, 3.8) is 0 Å². The third-order valence-corrected chi connectivity index (χ3v) is 4.59. The Kier molecular flexibility index (Phi) is 5.08. The van der Waals surface area contributed by atoms with Gasteiger partial charge in [0.1, 0.15) is 0 Å². The molecule has 2 aromatic carbocycles. The quantitative estimate of drug-likeness (QED) is 0.696. The summed E-state index contributed by atoms with van der Waals surface area (Å²) in [4.78, 5) is 14.0. The lowest BCUT2D eigenvalue weighted by Crippen LogP contribution is -2.40. The second-order valence-electron chi connectivity index (χ2n) is 5.29. The van der Waals surface area contributed by atoms with E-state index in [1.807, 2.05) is 30.0 Å². The average molecular weight is 313 g/mol. The summed E-state index contributed by atoms with van der Waals surface area (Å²) in [6, 6.07) is 14.3. The molecule has 22 heavy (non-hydrogen) atoms. The van der Waals surface area contributed by atoms with Crippen LogP contribution in [0.25, 0.3) is 10.8 Å². The summed E-state index contributed by atoms with van der Waals surface area (Å²) < 4.78 is 0. The van der Waals surface area contributed by atoms with Crippen LogP contribution in [0.5, 0.6) is 0 Å². The number of nitrogens with one attached hydrogen (secondary N) is 1. The van der Waals surface area contributed by atoms with Gasteiger partial charge < -0.3 is 0 Å². The number of hydrogen-bond acceptors (Lipinski definition) is 4. The number of hydrogen-bond donors (Lipinski definition) is 1. The molecule has 1 fully saturated rings. The molecule has 0 aromatic heterocycles. The van der Waals surface area contributed by atoms with E-state index in [1.54, 1.807) is 6.21 Å². The first-order valence-corrected chi connectivity index (χ1v) is 8.57. The Morgan fingerprint density at radius 3 is 2.77 bits per heavy atom. The molecular formula is C17H19N3OS. The number of nitrogens with zero attached hydrogens (tertiary/aromatic N) is 2. The van der Waals surface area contributed by atoms with E-state index in [2.05, 4.69) is 39.7 Å². The highest BCUT2D eigenvalue weighted by atomic mass is 32.2. The molecule has 1 heterocycles. The number of fused-ring (bicyclic) bond motifs is 1. The molecule has 0 unspecified atom stereocenters. The minimum absolute atomic E-state index is 0.0519. The summed E-state index contributed by atoms with van der Waals surface area (Å²) >= 11 is 1.94. The van der Waals surface area contributed by atoms with E-state index in [4.69, 9.17) is 0 Å². The molecule has 0 spiro atoms. The summed E-state index contributed by atoms with van der Waals surface area (Å²) in [7, 11) is 0. The van der Waals surface area contributed by atoms with E-state index in [0.29, 0.717) is 6.54 Å². The van der Waals surface area contributed by atoms with Gasteiger partial charge in [0.15, 0.2) is 0 Å². The van der Waals surface area contributed by atoms with E-state index in [-0.39, 0.29) is 5.91 Å². The zero-order chi connectivity index (χ0) is 15.2. The molecule has 0 bridgehead atoms. The van der Waals surface area contributed by atoms with Crippen molar-refractivity contribution in [2.45, 2.75) is 0 Å². The molecule has 1 aliphatic heterocycles. The van der Waals surface area contributed by atoms with Gasteiger partial charge >= 0.3 is 0 Å². The lowest BCUT2D eigenvalue weighted by molar-refractivity contribution is -0.122. The zero-order valence-corrected chi connectivity index (χ0v) is 13.2. The van der Waals surface area contributed by atoms with Crippen LogP contribution in [0, 0.1) is 0 Å². The van der Waals surface area contributed by atoms with Gasteiger partial charge in [-0.05, 0) is 22.4 Å². The number of amides is 1. The summed E-state index contributed by atoms with van der Waals surface area (Å²) in [6.07, 6.45) is 1.69. The lowest BCUT2D eigenvalue weighted by Gasteiger charge is -2.24. The van der Waals surface area contributed by atoms with Gasteiger partial charge in [-0.1, -0.05) is 36.4 Å². The minimum atomic E-state index is -0.0519. The normalized spacial score (nSPS) is 16.2. The monoisotopic (exact) mass is 313 g/mol. The molecule has 0 atom stereocenters. The summed E-state index contributed by atoms with van der Waals surface area (Å²) in [5, 5.41) is 6.43. The second-order valence-corrected chi connectivity index (χ2v) is 6.51. The van der Waals surface area contributed by atoms with Crippen LogP contribution in [-0.4, -0.2) is 48.2 Å². The Labute approximate surface area is 134 Å². The maximum absolute atomic E-state index is 11.8. The van der Waals surface area contributed by atoms with E-state index in [0.717, 1.165) is 30.2 Å². The standard InChI is InChI=1S/C17H19N3OS/c21-17(13-20-7-9-22-10-8-20)19-18-12-14-5-6-15-3-1-2-4-16(15)11-14/h1-6,11-12H,7-10,13H2,(H,19,21)/b18-12-. The highest BCUT2D eigenvalue weighted by Crippen LogP contribution is 2.14. The molecule has 0 aliphatic carbocycles. The molecule has 114 valence electrons. The van der Waals surface area contributed by atoms with Gasteiger partial charge in [0.25, 0.3) is 5.91 Å². The Balaban J connectivity index is 1.55. The average Bonchev–Trinajstić information content (AvgIpc) is 2.55. The molecule has 1 N–H and O–H groups in total. The fourth-order valence-electron chi connectivity index (χ4n) is 2.46. The van der Waals surface area contributed by atoms with Crippen molar-refractivity contribution in [1.29, 1.82) is 0 Å². The number of hydrazone groups is 1. The van der Waals surface area contributed by atoms with Crippen LogP contribution in [0.3, 0.4) is 0 Å². The van der Waals surface area contributed by atoms with E-state index >= 15 is 0 Å². The Bertz CT molecular complexity index is 680. The van der Waals surface area contributed by atoms with Gasteiger partial charge in [-0.25, -0.2) is 5.43 Å². The van der Waals surface area contributed by atoms with Gasteiger partial charge in [0.05, 0.1) is 12.8 Å². The van der Waals surface area contributed by atoms with Crippen molar-refractivity contribution in [2.75, 3.05) is 31.1 Å². The molecule has 5 heteroatoms. The predicted molar refractivity (Wildman–Crippen MR) is 93.4 cm³/mol. The van der Waals surface area contributed by atoms with Gasteiger partial charge in [-0.3, -0.25) is 9.69 Å². The fraction of sp³-hybridized carbons (Fsp3) is 0.294. The van der Waals surface area contributed by atoms with Crippen molar-refractivity contribution in [3.8, 4) is 0 Å². The molecule has 2 aromatic rings. The summed E-state index contributed by atoms with van der Waals surface area (Å²) in [5.41, 5.74) is 3.59. The molecule has 3 rings (SSSR count). The molecule has 1 aliphatic rings. The second kappa shape index (κ2) is 7.42. The van der Waals surface area contributed by atoms with Crippen LogP contribution in [-0.2, 0) is 4.79 Å². The lowest BCUT2D eigenvalue weighted by atomic mass is 10.1. The predicted octanol–water partition coefficient (Wildman–Crippen LogP) is 2.34. The van der Waals surface area contributed by atoms with Crippen molar-refractivity contribution in [1.82, 2.24) is 10.3 Å². The van der Waals surface area contributed by atoms with Crippen LogP contribution in [0.15, 0.2) is 47.6 Å². The first kappa shape index (κ1) is 15.1. The van der Waals surface area contributed by atoms with E-state index < -0.39 is 0 Å².